The number of hydrogen-bond acceptors (Lipinski definition) is 2. The second-order valence-corrected chi connectivity index (χ2v) is 4.73. The summed E-state index contributed by atoms with van der Waals surface area (Å²) in [6, 6.07) is 8.22. The van der Waals surface area contributed by atoms with E-state index in [0.717, 1.165) is 11.1 Å². The minimum absolute atomic E-state index is 0.0351. The molecule has 2 rings (SSSR count). The first-order chi connectivity index (χ1) is 8.61. The van der Waals surface area contributed by atoms with Crippen LogP contribution in [0.15, 0.2) is 41.5 Å². The maximum atomic E-state index is 12.0. The molecule has 0 amide bonds. The highest BCUT2D eigenvalue weighted by Gasteiger charge is 2.06. The zero-order valence-corrected chi connectivity index (χ0v) is 10.8. The van der Waals surface area contributed by atoms with Gasteiger partial charge in [0.1, 0.15) is 0 Å². The average molecular weight is 245 g/mol. The van der Waals surface area contributed by atoms with Gasteiger partial charge in [0.05, 0.1) is 6.54 Å². The second-order valence-electron chi connectivity index (χ2n) is 4.73. The molecule has 0 saturated heterocycles. The highest BCUT2D eigenvalue weighted by Crippen LogP contribution is 2.06. The Morgan fingerprint density at radius 3 is 2.22 bits per heavy atom. The number of nitrogens with two attached hydrogens (primary N) is 1. The predicted molar refractivity (Wildman–Crippen MR) is 72.5 cm³/mol. The Labute approximate surface area is 107 Å². The number of rotatable bonds is 4. The van der Waals surface area contributed by atoms with Crippen molar-refractivity contribution >= 4 is 0 Å². The van der Waals surface area contributed by atoms with Crippen LogP contribution in [0.25, 0.3) is 0 Å². The maximum absolute atomic E-state index is 12.0. The van der Waals surface area contributed by atoms with Gasteiger partial charge in [-0.25, -0.2) is 4.79 Å². The number of hydrogen-bond donors (Lipinski definition) is 1. The zero-order chi connectivity index (χ0) is 13.1. The highest BCUT2D eigenvalue weighted by molar-refractivity contribution is 5.22. The van der Waals surface area contributed by atoms with Crippen LogP contribution in [0.5, 0.6) is 0 Å². The first kappa shape index (κ1) is 12.6. The molecule has 0 fully saturated rings. The Morgan fingerprint density at radius 2 is 1.72 bits per heavy atom. The van der Waals surface area contributed by atoms with Crippen molar-refractivity contribution in [1.82, 2.24) is 9.13 Å². The van der Waals surface area contributed by atoms with Gasteiger partial charge in [-0.1, -0.05) is 24.3 Å². The Hall–Kier alpha value is -1.81. The third kappa shape index (κ3) is 2.54. The number of aromatic nitrogens is 2. The summed E-state index contributed by atoms with van der Waals surface area (Å²) in [5, 5.41) is 0. The van der Waals surface area contributed by atoms with Gasteiger partial charge in [0.15, 0.2) is 0 Å². The summed E-state index contributed by atoms with van der Waals surface area (Å²) in [4.78, 5) is 12.0. The Balaban J connectivity index is 2.21. The summed E-state index contributed by atoms with van der Waals surface area (Å²) in [6.45, 7) is 5.15. The standard InChI is InChI=1S/C14H19N3O/c1-11(2)17-8-7-16(14(17)18)10-13-5-3-12(9-15)4-6-13/h3-8,11H,9-10,15H2,1-2H3. The lowest BCUT2D eigenvalue weighted by atomic mass is 10.1. The van der Waals surface area contributed by atoms with Gasteiger partial charge in [-0.15, -0.1) is 0 Å². The fourth-order valence-electron chi connectivity index (χ4n) is 1.92. The smallest absolute Gasteiger partial charge is 0.326 e. The first-order valence-electron chi connectivity index (χ1n) is 6.17. The molecule has 96 valence electrons. The Kier molecular flexibility index (Phi) is 3.67. The van der Waals surface area contributed by atoms with Crippen molar-refractivity contribution in [3.63, 3.8) is 0 Å². The molecule has 18 heavy (non-hydrogen) atoms. The average Bonchev–Trinajstić information content (AvgIpc) is 2.72. The number of nitrogens with zero attached hydrogens (tertiary/aromatic N) is 2. The maximum Gasteiger partial charge on any atom is 0.328 e. The van der Waals surface area contributed by atoms with E-state index in [4.69, 9.17) is 5.73 Å². The van der Waals surface area contributed by atoms with Gasteiger partial charge in [0, 0.05) is 25.0 Å². The SMILES string of the molecule is CC(C)n1ccn(Cc2ccc(CN)cc2)c1=O. The molecular weight excluding hydrogens is 226 g/mol. The van der Waals surface area contributed by atoms with Gasteiger partial charge in [-0.3, -0.25) is 9.13 Å². The molecule has 0 aliphatic carbocycles. The quantitative estimate of drug-likeness (QED) is 0.892. The molecule has 0 radical (unpaired) electrons. The Morgan fingerprint density at radius 1 is 1.11 bits per heavy atom. The van der Waals surface area contributed by atoms with E-state index in [1.807, 2.05) is 50.5 Å². The van der Waals surface area contributed by atoms with Gasteiger partial charge in [0.2, 0.25) is 0 Å². The van der Waals surface area contributed by atoms with E-state index < -0.39 is 0 Å². The molecule has 2 aromatic rings. The van der Waals surface area contributed by atoms with Gasteiger partial charge in [-0.2, -0.15) is 0 Å². The third-order valence-electron chi connectivity index (χ3n) is 3.04. The largest absolute Gasteiger partial charge is 0.328 e. The minimum atomic E-state index is 0.0351. The lowest BCUT2D eigenvalue weighted by Crippen LogP contribution is -2.25. The number of imidazole rings is 1. The van der Waals surface area contributed by atoms with Crippen LogP contribution in [0, 0.1) is 0 Å². The fraction of sp³-hybridized carbons (Fsp3) is 0.357. The summed E-state index contributed by atoms with van der Waals surface area (Å²) in [5.74, 6) is 0. The fourth-order valence-corrected chi connectivity index (χ4v) is 1.92. The van der Waals surface area contributed by atoms with Crippen molar-refractivity contribution in [2.24, 2.45) is 5.73 Å². The van der Waals surface area contributed by atoms with E-state index in [1.165, 1.54) is 0 Å². The third-order valence-corrected chi connectivity index (χ3v) is 3.04. The van der Waals surface area contributed by atoms with Gasteiger partial charge in [-0.05, 0) is 25.0 Å². The van der Waals surface area contributed by atoms with Crippen LogP contribution < -0.4 is 11.4 Å². The van der Waals surface area contributed by atoms with Crippen LogP contribution in [0.3, 0.4) is 0 Å². The van der Waals surface area contributed by atoms with Crippen LogP contribution >= 0.6 is 0 Å². The van der Waals surface area contributed by atoms with Gasteiger partial charge in [0.25, 0.3) is 0 Å². The molecule has 2 N–H and O–H groups in total. The van der Waals surface area contributed by atoms with Crippen LogP contribution in [0.2, 0.25) is 0 Å². The van der Waals surface area contributed by atoms with Crippen molar-refractivity contribution in [1.29, 1.82) is 0 Å². The molecule has 0 spiro atoms. The first-order valence-corrected chi connectivity index (χ1v) is 6.17. The molecule has 1 heterocycles. The summed E-state index contributed by atoms with van der Waals surface area (Å²) >= 11 is 0. The molecule has 0 aliphatic heterocycles. The summed E-state index contributed by atoms with van der Waals surface area (Å²) in [7, 11) is 0. The number of benzene rings is 1. The molecule has 4 heteroatoms. The van der Waals surface area contributed by atoms with Gasteiger partial charge >= 0.3 is 5.69 Å². The van der Waals surface area contributed by atoms with Crippen molar-refractivity contribution in [2.75, 3.05) is 0 Å². The van der Waals surface area contributed by atoms with E-state index >= 15 is 0 Å². The molecule has 0 bridgehead atoms. The molecule has 1 aromatic carbocycles. The van der Waals surface area contributed by atoms with E-state index in [0.29, 0.717) is 13.1 Å². The monoisotopic (exact) mass is 245 g/mol. The zero-order valence-electron chi connectivity index (χ0n) is 10.8. The normalized spacial score (nSPS) is 11.1. The van der Waals surface area contributed by atoms with Crippen LogP contribution in [-0.2, 0) is 13.1 Å². The van der Waals surface area contributed by atoms with E-state index in [1.54, 1.807) is 9.13 Å². The van der Waals surface area contributed by atoms with E-state index in [2.05, 4.69) is 0 Å². The van der Waals surface area contributed by atoms with Crippen molar-refractivity contribution in [2.45, 2.75) is 33.0 Å². The Bertz CT molecular complexity index is 563. The molecule has 4 nitrogen and oxygen atoms in total. The van der Waals surface area contributed by atoms with E-state index in [9.17, 15) is 4.79 Å². The summed E-state index contributed by atoms with van der Waals surface area (Å²) in [6.07, 6.45) is 3.67. The molecular formula is C14H19N3O. The predicted octanol–water partition coefficient (Wildman–Crippen LogP) is 1.74. The molecule has 0 aliphatic rings. The van der Waals surface area contributed by atoms with Crippen molar-refractivity contribution in [3.05, 3.63) is 58.3 Å². The van der Waals surface area contributed by atoms with Gasteiger partial charge < -0.3 is 5.73 Å². The molecule has 0 unspecified atom stereocenters. The lowest BCUT2D eigenvalue weighted by molar-refractivity contribution is 0.561. The minimum Gasteiger partial charge on any atom is -0.326 e. The molecule has 0 saturated carbocycles. The lowest BCUT2D eigenvalue weighted by Gasteiger charge is -2.05. The van der Waals surface area contributed by atoms with Crippen LogP contribution in [0.1, 0.15) is 31.0 Å². The summed E-state index contributed by atoms with van der Waals surface area (Å²) in [5.41, 5.74) is 7.80. The molecule has 1 aromatic heterocycles. The van der Waals surface area contributed by atoms with Crippen LogP contribution in [0.4, 0.5) is 0 Å². The highest BCUT2D eigenvalue weighted by atomic mass is 16.1. The molecule has 0 atom stereocenters. The van der Waals surface area contributed by atoms with E-state index in [-0.39, 0.29) is 11.7 Å². The summed E-state index contributed by atoms with van der Waals surface area (Å²) < 4.78 is 3.45. The van der Waals surface area contributed by atoms with Crippen molar-refractivity contribution < 1.29 is 0 Å². The second kappa shape index (κ2) is 5.23. The van der Waals surface area contributed by atoms with Crippen molar-refractivity contribution in [3.8, 4) is 0 Å². The van der Waals surface area contributed by atoms with Crippen LogP contribution in [-0.4, -0.2) is 9.13 Å². The topological polar surface area (TPSA) is 52.9 Å².